The number of nitriles is 1. The Balaban J connectivity index is 1.88. The average Bonchev–Trinajstić information content (AvgIpc) is 2.78. The highest BCUT2D eigenvalue weighted by Gasteiger charge is 2.11. The van der Waals surface area contributed by atoms with Crippen LogP contribution in [0.2, 0.25) is 5.02 Å². The Morgan fingerprint density at radius 2 is 1.90 bits per heavy atom. The third kappa shape index (κ3) is 5.62. The lowest BCUT2D eigenvalue weighted by Crippen LogP contribution is -2.00. The van der Waals surface area contributed by atoms with Gasteiger partial charge in [0, 0.05) is 22.7 Å². The first-order chi connectivity index (χ1) is 15.0. The zero-order valence-electron chi connectivity index (χ0n) is 16.7. The van der Waals surface area contributed by atoms with Gasteiger partial charge in [0.25, 0.3) is 5.69 Å². The second-order valence-electron chi connectivity index (χ2n) is 6.50. The molecule has 0 saturated carbocycles. The van der Waals surface area contributed by atoms with Gasteiger partial charge in [-0.05, 0) is 42.3 Å². The van der Waals surface area contributed by atoms with Crippen LogP contribution in [0, 0.1) is 21.4 Å². The summed E-state index contributed by atoms with van der Waals surface area (Å²) in [7, 11) is 0. The molecule has 6 nitrogen and oxygen atoms in total. The largest absolute Gasteiger partial charge is 0.490 e. The molecule has 0 spiro atoms. The maximum atomic E-state index is 11.0. The third-order valence-electron chi connectivity index (χ3n) is 4.41. The van der Waals surface area contributed by atoms with Crippen LogP contribution >= 0.6 is 11.6 Å². The molecule has 3 aromatic rings. The Labute approximate surface area is 185 Å². The van der Waals surface area contributed by atoms with Crippen molar-refractivity contribution in [1.29, 1.82) is 5.26 Å². The zero-order valence-corrected chi connectivity index (χ0v) is 17.5. The van der Waals surface area contributed by atoms with Gasteiger partial charge in [-0.3, -0.25) is 10.1 Å². The summed E-state index contributed by atoms with van der Waals surface area (Å²) in [4.78, 5) is 10.5. The summed E-state index contributed by atoms with van der Waals surface area (Å²) in [5.74, 6) is 1.08. The Morgan fingerprint density at radius 3 is 2.61 bits per heavy atom. The van der Waals surface area contributed by atoms with Crippen molar-refractivity contribution in [3.05, 3.63) is 98.6 Å². The van der Waals surface area contributed by atoms with Gasteiger partial charge in [0.05, 0.1) is 23.2 Å². The summed E-state index contributed by atoms with van der Waals surface area (Å²) in [6, 6.07) is 20.8. The van der Waals surface area contributed by atoms with Crippen LogP contribution in [0.3, 0.4) is 0 Å². The maximum absolute atomic E-state index is 11.0. The highest BCUT2D eigenvalue weighted by atomic mass is 35.5. The molecule has 0 unspecified atom stereocenters. The van der Waals surface area contributed by atoms with Crippen molar-refractivity contribution in [2.75, 3.05) is 6.61 Å². The number of nitro groups is 1. The van der Waals surface area contributed by atoms with Gasteiger partial charge in [-0.1, -0.05) is 48.0 Å². The summed E-state index contributed by atoms with van der Waals surface area (Å²) in [6.45, 7) is 2.59. The number of benzene rings is 3. The molecule has 0 heterocycles. The number of nitrogens with zero attached hydrogens (tertiary/aromatic N) is 2. The van der Waals surface area contributed by atoms with E-state index in [2.05, 4.69) is 6.07 Å². The van der Waals surface area contributed by atoms with Crippen LogP contribution in [0.1, 0.15) is 23.6 Å². The topological polar surface area (TPSA) is 85.4 Å². The molecule has 0 N–H and O–H groups in total. The Kier molecular flexibility index (Phi) is 7.26. The van der Waals surface area contributed by atoms with E-state index in [0.29, 0.717) is 39.8 Å². The van der Waals surface area contributed by atoms with Gasteiger partial charge in [0.15, 0.2) is 11.5 Å². The fourth-order valence-corrected chi connectivity index (χ4v) is 3.10. The first kappa shape index (κ1) is 21.9. The van der Waals surface area contributed by atoms with Crippen LogP contribution in [0.25, 0.3) is 11.6 Å². The van der Waals surface area contributed by atoms with Crippen molar-refractivity contribution < 1.29 is 14.4 Å². The number of hydrogen-bond acceptors (Lipinski definition) is 5. The monoisotopic (exact) mass is 434 g/mol. The number of halogens is 1. The molecule has 0 fully saturated rings. The molecule has 0 radical (unpaired) electrons. The Hall–Kier alpha value is -3.82. The van der Waals surface area contributed by atoms with Crippen molar-refractivity contribution in [3.63, 3.8) is 0 Å². The molecule has 7 heteroatoms. The second-order valence-corrected chi connectivity index (χ2v) is 6.90. The van der Waals surface area contributed by atoms with Crippen LogP contribution in [-0.2, 0) is 6.61 Å². The number of nitro benzene ring substituents is 1. The van der Waals surface area contributed by atoms with Crippen LogP contribution in [0.4, 0.5) is 5.69 Å². The highest BCUT2D eigenvalue weighted by molar-refractivity contribution is 6.31. The Morgan fingerprint density at radius 1 is 1.10 bits per heavy atom. The van der Waals surface area contributed by atoms with E-state index in [4.69, 9.17) is 21.1 Å². The van der Waals surface area contributed by atoms with Gasteiger partial charge < -0.3 is 9.47 Å². The predicted molar refractivity (Wildman–Crippen MR) is 120 cm³/mol. The van der Waals surface area contributed by atoms with Crippen molar-refractivity contribution in [2.24, 2.45) is 0 Å². The van der Waals surface area contributed by atoms with Gasteiger partial charge in [0.2, 0.25) is 0 Å². The molecular formula is C24H19ClN2O4. The highest BCUT2D eigenvalue weighted by Crippen LogP contribution is 2.32. The van der Waals surface area contributed by atoms with Crippen LogP contribution in [-0.4, -0.2) is 11.5 Å². The van der Waals surface area contributed by atoms with Crippen LogP contribution < -0.4 is 9.47 Å². The smallest absolute Gasteiger partial charge is 0.270 e. The molecular weight excluding hydrogens is 416 g/mol. The van der Waals surface area contributed by atoms with E-state index < -0.39 is 4.92 Å². The molecule has 0 saturated heterocycles. The predicted octanol–water partition coefficient (Wildman–Crippen LogP) is 6.29. The van der Waals surface area contributed by atoms with Gasteiger partial charge in [-0.15, -0.1) is 0 Å². The summed E-state index contributed by atoms with van der Waals surface area (Å²) in [5, 5.41) is 21.2. The molecule has 0 amide bonds. The number of rotatable bonds is 8. The van der Waals surface area contributed by atoms with E-state index >= 15 is 0 Å². The molecule has 0 aromatic heterocycles. The molecule has 3 rings (SSSR count). The van der Waals surface area contributed by atoms with Gasteiger partial charge >= 0.3 is 0 Å². The van der Waals surface area contributed by atoms with Gasteiger partial charge in [0.1, 0.15) is 6.61 Å². The Bertz CT molecular complexity index is 1170. The van der Waals surface area contributed by atoms with E-state index in [1.165, 1.54) is 12.1 Å². The molecule has 156 valence electrons. The van der Waals surface area contributed by atoms with Crippen molar-refractivity contribution in [2.45, 2.75) is 13.5 Å². The molecule has 3 aromatic carbocycles. The fourth-order valence-electron chi connectivity index (χ4n) is 2.91. The SMILES string of the molecule is CCOc1cc(/C=C(/C#N)c2cccc([N+](=O)[O-])c2)ccc1OCc1ccccc1Cl. The van der Waals surface area contributed by atoms with Crippen LogP contribution in [0.15, 0.2) is 66.7 Å². The average molecular weight is 435 g/mol. The minimum Gasteiger partial charge on any atom is -0.490 e. The summed E-state index contributed by atoms with van der Waals surface area (Å²) in [6.07, 6.45) is 1.65. The number of ether oxygens (including phenoxy) is 2. The lowest BCUT2D eigenvalue weighted by atomic mass is 10.0. The lowest BCUT2D eigenvalue weighted by Gasteiger charge is -2.13. The second kappa shape index (κ2) is 10.3. The first-order valence-electron chi connectivity index (χ1n) is 9.51. The number of hydrogen-bond donors (Lipinski definition) is 0. The van der Waals surface area contributed by atoms with Crippen molar-refractivity contribution in [1.82, 2.24) is 0 Å². The lowest BCUT2D eigenvalue weighted by molar-refractivity contribution is -0.384. The summed E-state index contributed by atoms with van der Waals surface area (Å²) in [5.41, 5.74) is 2.26. The molecule has 0 aliphatic rings. The molecule has 0 bridgehead atoms. The maximum Gasteiger partial charge on any atom is 0.270 e. The van der Waals surface area contributed by atoms with E-state index in [9.17, 15) is 15.4 Å². The standard InChI is InChI=1S/C24H19ClN2O4/c1-2-30-24-13-17(10-11-23(24)31-16-19-6-3-4-9-22(19)25)12-20(15-26)18-7-5-8-21(14-18)27(28)29/h3-14H,2,16H2,1H3/b20-12-. The van der Waals surface area contributed by atoms with Crippen molar-refractivity contribution >= 4 is 28.9 Å². The minimum absolute atomic E-state index is 0.0722. The van der Waals surface area contributed by atoms with Crippen molar-refractivity contribution in [3.8, 4) is 17.6 Å². The zero-order chi connectivity index (χ0) is 22.2. The quantitative estimate of drug-likeness (QED) is 0.180. The third-order valence-corrected chi connectivity index (χ3v) is 4.78. The van der Waals surface area contributed by atoms with Gasteiger partial charge in [-0.2, -0.15) is 5.26 Å². The molecule has 0 aliphatic heterocycles. The molecule has 0 atom stereocenters. The van der Waals surface area contributed by atoms with Gasteiger partial charge in [-0.25, -0.2) is 0 Å². The number of allylic oxidation sites excluding steroid dienone is 1. The van der Waals surface area contributed by atoms with E-state index in [1.807, 2.05) is 25.1 Å². The van der Waals surface area contributed by atoms with E-state index in [-0.39, 0.29) is 12.3 Å². The first-order valence-corrected chi connectivity index (χ1v) is 9.89. The summed E-state index contributed by atoms with van der Waals surface area (Å²) >= 11 is 6.19. The van der Waals surface area contributed by atoms with Crippen LogP contribution in [0.5, 0.6) is 11.5 Å². The number of non-ortho nitro benzene ring substituents is 1. The minimum atomic E-state index is -0.489. The molecule has 0 aliphatic carbocycles. The normalized spacial score (nSPS) is 10.9. The fraction of sp³-hybridized carbons (Fsp3) is 0.125. The summed E-state index contributed by atoms with van der Waals surface area (Å²) < 4.78 is 11.6. The molecule has 31 heavy (non-hydrogen) atoms. The van der Waals surface area contributed by atoms with E-state index in [0.717, 1.165) is 5.56 Å². The van der Waals surface area contributed by atoms with E-state index in [1.54, 1.807) is 42.5 Å².